The highest BCUT2D eigenvalue weighted by Gasteiger charge is 2.03. The summed E-state index contributed by atoms with van der Waals surface area (Å²) in [6.45, 7) is 0.625. The fourth-order valence-electron chi connectivity index (χ4n) is 1.73. The highest BCUT2D eigenvalue weighted by atomic mass is 35.5. The Morgan fingerprint density at radius 3 is 3.05 bits per heavy atom. The molecule has 1 amide bonds. The second-order valence-electron chi connectivity index (χ2n) is 4.19. The first-order valence-electron chi connectivity index (χ1n) is 6.09. The lowest BCUT2D eigenvalue weighted by atomic mass is 10.1. The third-order valence-corrected chi connectivity index (χ3v) is 2.87. The number of hydrogen-bond donors (Lipinski definition) is 2. The molecule has 1 aromatic carbocycles. The van der Waals surface area contributed by atoms with Crippen molar-refractivity contribution in [2.75, 3.05) is 6.54 Å². The van der Waals surface area contributed by atoms with Gasteiger partial charge in [0.15, 0.2) is 0 Å². The summed E-state index contributed by atoms with van der Waals surface area (Å²) >= 11 is 5.86. The number of nitrogens with zero attached hydrogens (tertiary/aromatic N) is 2. The van der Waals surface area contributed by atoms with E-state index >= 15 is 0 Å². The van der Waals surface area contributed by atoms with Crippen LogP contribution in [-0.2, 0) is 17.6 Å². The van der Waals surface area contributed by atoms with Crippen LogP contribution in [0.5, 0.6) is 0 Å². The minimum absolute atomic E-state index is 0.000151. The third-order valence-electron chi connectivity index (χ3n) is 2.63. The van der Waals surface area contributed by atoms with Crippen molar-refractivity contribution < 1.29 is 4.79 Å². The molecule has 0 spiro atoms. The zero-order valence-electron chi connectivity index (χ0n) is 10.4. The molecule has 0 aliphatic heterocycles. The van der Waals surface area contributed by atoms with Crippen LogP contribution < -0.4 is 5.32 Å². The first-order chi connectivity index (χ1) is 9.24. The summed E-state index contributed by atoms with van der Waals surface area (Å²) in [6, 6.07) is 7.32. The fraction of sp³-hybridized carbons (Fsp3) is 0.308. The van der Waals surface area contributed by atoms with Crippen LogP contribution >= 0.6 is 11.6 Å². The number of halogens is 1. The van der Waals surface area contributed by atoms with Gasteiger partial charge < -0.3 is 5.32 Å². The van der Waals surface area contributed by atoms with E-state index in [2.05, 4.69) is 20.5 Å². The molecule has 100 valence electrons. The lowest BCUT2D eigenvalue weighted by molar-refractivity contribution is -0.120. The van der Waals surface area contributed by atoms with Gasteiger partial charge in [0, 0.05) is 18.0 Å². The molecule has 0 saturated heterocycles. The molecular formula is C13H15ClN4O. The molecule has 0 bridgehead atoms. The number of aromatic amines is 1. The second kappa shape index (κ2) is 6.89. The van der Waals surface area contributed by atoms with Crippen LogP contribution in [-0.4, -0.2) is 27.6 Å². The van der Waals surface area contributed by atoms with Crippen molar-refractivity contribution in [2.45, 2.75) is 19.3 Å². The molecule has 1 aromatic heterocycles. The number of aryl methyl sites for hydroxylation is 1. The molecule has 0 atom stereocenters. The molecule has 2 rings (SSSR count). The zero-order valence-corrected chi connectivity index (χ0v) is 11.2. The first-order valence-corrected chi connectivity index (χ1v) is 6.47. The number of nitrogens with one attached hydrogen (secondary N) is 2. The Labute approximate surface area is 116 Å². The maximum atomic E-state index is 11.7. The van der Waals surface area contributed by atoms with Crippen molar-refractivity contribution in [3.8, 4) is 0 Å². The summed E-state index contributed by atoms with van der Waals surface area (Å²) in [5, 5.41) is 10.1. The van der Waals surface area contributed by atoms with Crippen molar-refractivity contribution in [3.63, 3.8) is 0 Å². The van der Waals surface area contributed by atoms with Gasteiger partial charge in [-0.15, -0.1) is 0 Å². The Morgan fingerprint density at radius 1 is 1.42 bits per heavy atom. The van der Waals surface area contributed by atoms with E-state index < -0.39 is 0 Å². The number of rotatable bonds is 6. The Hall–Kier alpha value is -1.88. The summed E-state index contributed by atoms with van der Waals surface area (Å²) < 4.78 is 0. The number of aromatic nitrogens is 3. The zero-order chi connectivity index (χ0) is 13.5. The highest BCUT2D eigenvalue weighted by Crippen LogP contribution is 2.10. The number of benzene rings is 1. The average Bonchev–Trinajstić information content (AvgIpc) is 2.88. The maximum Gasteiger partial charge on any atom is 0.224 e. The van der Waals surface area contributed by atoms with Gasteiger partial charge in [-0.3, -0.25) is 9.89 Å². The van der Waals surface area contributed by atoms with Crippen molar-refractivity contribution in [3.05, 3.63) is 47.0 Å². The molecule has 0 unspecified atom stereocenters. The number of H-pyrrole nitrogens is 1. The van der Waals surface area contributed by atoms with Crippen LogP contribution in [0, 0.1) is 0 Å². The predicted octanol–water partition coefficient (Wildman–Crippen LogP) is 1.75. The van der Waals surface area contributed by atoms with E-state index in [4.69, 9.17) is 11.6 Å². The summed E-state index contributed by atoms with van der Waals surface area (Å²) in [5.74, 6) is 0.837. The fourth-order valence-corrected chi connectivity index (χ4v) is 1.94. The number of carbonyl (C=O) groups is 1. The number of carbonyl (C=O) groups excluding carboxylic acids is 1. The van der Waals surface area contributed by atoms with E-state index in [0.717, 1.165) is 24.2 Å². The third kappa shape index (κ3) is 4.71. The van der Waals surface area contributed by atoms with Gasteiger partial charge >= 0.3 is 0 Å². The number of amides is 1. The van der Waals surface area contributed by atoms with Gasteiger partial charge in [0.05, 0.1) is 6.42 Å². The van der Waals surface area contributed by atoms with E-state index in [1.807, 2.05) is 12.1 Å². The number of hydrogen-bond acceptors (Lipinski definition) is 3. The molecule has 19 heavy (non-hydrogen) atoms. The van der Waals surface area contributed by atoms with Crippen molar-refractivity contribution >= 4 is 17.5 Å². The van der Waals surface area contributed by atoms with E-state index in [1.54, 1.807) is 12.1 Å². The molecular weight excluding hydrogens is 264 g/mol. The SMILES string of the molecule is O=C(Cc1cccc(Cl)c1)NCCCc1ncn[nH]1. The second-order valence-corrected chi connectivity index (χ2v) is 4.63. The van der Waals surface area contributed by atoms with Gasteiger partial charge in [-0.2, -0.15) is 5.10 Å². The van der Waals surface area contributed by atoms with Gasteiger partial charge in [0.2, 0.25) is 5.91 Å². The smallest absolute Gasteiger partial charge is 0.224 e. The molecule has 5 nitrogen and oxygen atoms in total. The topological polar surface area (TPSA) is 70.7 Å². The van der Waals surface area contributed by atoms with E-state index in [-0.39, 0.29) is 5.91 Å². The van der Waals surface area contributed by atoms with E-state index in [9.17, 15) is 4.79 Å². The van der Waals surface area contributed by atoms with Gasteiger partial charge in [0.25, 0.3) is 0 Å². The predicted molar refractivity (Wildman–Crippen MR) is 72.9 cm³/mol. The molecule has 2 aromatic rings. The lowest BCUT2D eigenvalue weighted by Gasteiger charge is -2.05. The largest absolute Gasteiger partial charge is 0.356 e. The minimum atomic E-state index is -0.000151. The van der Waals surface area contributed by atoms with Crippen LogP contribution in [0.1, 0.15) is 17.8 Å². The monoisotopic (exact) mass is 278 g/mol. The van der Waals surface area contributed by atoms with Crippen molar-refractivity contribution in [2.24, 2.45) is 0 Å². The van der Waals surface area contributed by atoms with Crippen LogP contribution in [0.15, 0.2) is 30.6 Å². The Bertz CT molecular complexity index is 527. The molecule has 0 fully saturated rings. The van der Waals surface area contributed by atoms with Crippen LogP contribution in [0.4, 0.5) is 0 Å². The van der Waals surface area contributed by atoms with Crippen LogP contribution in [0.2, 0.25) is 5.02 Å². The Morgan fingerprint density at radius 2 is 2.32 bits per heavy atom. The normalized spacial score (nSPS) is 10.4. The molecule has 0 aliphatic rings. The molecule has 0 radical (unpaired) electrons. The highest BCUT2D eigenvalue weighted by molar-refractivity contribution is 6.30. The van der Waals surface area contributed by atoms with Crippen LogP contribution in [0.3, 0.4) is 0 Å². The van der Waals surface area contributed by atoms with Crippen molar-refractivity contribution in [1.82, 2.24) is 20.5 Å². The molecule has 0 aliphatic carbocycles. The van der Waals surface area contributed by atoms with Gasteiger partial charge in [-0.25, -0.2) is 4.98 Å². The Kier molecular flexibility index (Phi) is 4.92. The summed E-state index contributed by atoms with van der Waals surface area (Å²) in [4.78, 5) is 15.7. The summed E-state index contributed by atoms with van der Waals surface area (Å²) in [7, 11) is 0. The van der Waals surface area contributed by atoms with Gasteiger partial charge in [-0.05, 0) is 24.1 Å². The summed E-state index contributed by atoms with van der Waals surface area (Å²) in [5.41, 5.74) is 0.917. The maximum absolute atomic E-state index is 11.7. The van der Waals surface area contributed by atoms with Gasteiger partial charge in [-0.1, -0.05) is 23.7 Å². The van der Waals surface area contributed by atoms with E-state index in [1.165, 1.54) is 6.33 Å². The van der Waals surface area contributed by atoms with Crippen molar-refractivity contribution in [1.29, 1.82) is 0 Å². The quantitative estimate of drug-likeness (QED) is 0.791. The van der Waals surface area contributed by atoms with Crippen LogP contribution in [0.25, 0.3) is 0 Å². The molecule has 6 heteroatoms. The molecule has 1 heterocycles. The first kappa shape index (κ1) is 13.5. The average molecular weight is 279 g/mol. The minimum Gasteiger partial charge on any atom is -0.356 e. The van der Waals surface area contributed by atoms with E-state index in [0.29, 0.717) is 18.0 Å². The Balaban J connectivity index is 1.67. The van der Waals surface area contributed by atoms with Gasteiger partial charge in [0.1, 0.15) is 12.2 Å². The molecule has 2 N–H and O–H groups in total. The lowest BCUT2D eigenvalue weighted by Crippen LogP contribution is -2.26. The summed E-state index contributed by atoms with van der Waals surface area (Å²) in [6.07, 6.45) is 3.43. The molecule has 0 saturated carbocycles. The standard InChI is InChI=1S/C13H15ClN4O/c14-11-4-1-3-10(7-11)8-13(19)15-6-2-5-12-16-9-17-18-12/h1,3-4,7,9H,2,5-6,8H2,(H,15,19)(H,16,17,18).